The maximum absolute atomic E-state index is 12.1. The largest absolute Gasteiger partial charge is 0.398 e. The van der Waals surface area contributed by atoms with E-state index in [0.717, 1.165) is 18.5 Å². The molecule has 0 saturated heterocycles. The molecule has 1 aromatic rings. The third kappa shape index (κ3) is 4.77. The normalized spacial score (nSPS) is 12.3. The number of aryl methyl sites for hydroxylation is 1. The summed E-state index contributed by atoms with van der Waals surface area (Å²) < 4.78 is 26.8. The van der Waals surface area contributed by atoms with E-state index in [1.165, 1.54) is 6.07 Å². The molecule has 0 bridgehead atoms. The highest BCUT2D eigenvalue weighted by molar-refractivity contribution is 7.89. The molecule has 0 amide bonds. The Labute approximate surface area is 122 Å². The first-order chi connectivity index (χ1) is 9.24. The van der Waals surface area contributed by atoms with Crippen LogP contribution in [0.5, 0.6) is 0 Å². The minimum absolute atomic E-state index is 0.220. The van der Waals surface area contributed by atoms with Gasteiger partial charge in [0, 0.05) is 18.3 Å². The van der Waals surface area contributed by atoms with Crippen LogP contribution in [0.25, 0.3) is 0 Å². The fourth-order valence-electron chi connectivity index (χ4n) is 1.66. The number of nitrogens with one attached hydrogen (secondary N) is 1. The molecule has 0 atom stereocenters. The van der Waals surface area contributed by atoms with E-state index < -0.39 is 10.0 Å². The SMILES string of the molecule is Cc1ccc(S(=O)(=O)NCCCN(C)C(C)C)cc1N. The van der Waals surface area contributed by atoms with Crippen LogP contribution in [-0.2, 0) is 10.0 Å². The van der Waals surface area contributed by atoms with Crippen LogP contribution in [0.3, 0.4) is 0 Å². The highest BCUT2D eigenvalue weighted by Crippen LogP contribution is 2.16. The molecule has 0 aliphatic rings. The Balaban J connectivity index is 2.56. The standard InChI is InChI=1S/C14H25N3O2S/c1-11(2)17(4)9-5-8-16-20(18,19)13-7-6-12(3)14(15)10-13/h6-7,10-11,16H,5,8-9,15H2,1-4H3. The zero-order valence-electron chi connectivity index (χ0n) is 12.7. The summed E-state index contributed by atoms with van der Waals surface area (Å²) >= 11 is 0. The molecule has 0 radical (unpaired) electrons. The van der Waals surface area contributed by atoms with E-state index in [1.54, 1.807) is 12.1 Å². The summed E-state index contributed by atoms with van der Waals surface area (Å²) in [4.78, 5) is 2.40. The number of hydrogen-bond donors (Lipinski definition) is 2. The van der Waals surface area contributed by atoms with Crippen molar-refractivity contribution in [3.05, 3.63) is 23.8 Å². The molecule has 0 fully saturated rings. The van der Waals surface area contributed by atoms with Gasteiger partial charge in [-0.15, -0.1) is 0 Å². The average Bonchev–Trinajstić information content (AvgIpc) is 2.37. The first-order valence-corrected chi connectivity index (χ1v) is 8.28. The Hall–Kier alpha value is -1.11. The molecular weight excluding hydrogens is 274 g/mol. The maximum Gasteiger partial charge on any atom is 0.240 e. The van der Waals surface area contributed by atoms with Crippen molar-refractivity contribution in [1.82, 2.24) is 9.62 Å². The Bertz CT molecular complexity index is 541. The second kappa shape index (κ2) is 7.06. The topological polar surface area (TPSA) is 75.4 Å². The number of anilines is 1. The van der Waals surface area contributed by atoms with E-state index in [9.17, 15) is 8.42 Å². The lowest BCUT2D eigenvalue weighted by Gasteiger charge is -2.20. The van der Waals surface area contributed by atoms with E-state index in [4.69, 9.17) is 5.73 Å². The molecule has 6 heteroatoms. The number of nitrogens with zero attached hydrogens (tertiary/aromatic N) is 1. The zero-order chi connectivity index (χ0) is 15.3. The molecule has 0 aromatic heterocycles. The number of sulfonamides is 1. The molecule has 0 unspecified atom stereocenters. The Kier molecular flexibility index (Phi) is 5.98. The zero-order valence-corrected chi connectivity index (χ0v) is 13.5. The van der Waals surface area contributed by atoms with E-state index in [2.05, 4.69) is 23.5 Å². The Morgan fingerprint density at radius 1 is 1.35 bits per heavy atom. The van der Waals surface area contributed by atoms with Gasteiger partial charge in [0.25, 0.3) is 0 Å². The highest BCUT2D eigenvalue weighted by Gasteiger charge is 2.14. The van der Waals surface area contributed by atoms with Gasteiger partial charge >= 0.3 is 0 Å². The van der Waals surface area contributed by atoms with Gasteiger partial charge in [0.05, 0.1) is 4.90 Å². The fourth-order valence-corrected chi connectivity index (χ4v) is 2.77. The van der Waals surface area contributed by atoms with E-state index >= 15 is 0 Å². The minimum atomic E-state index is -3.47. The number of benzene rings is 1. The van der Waals surface area contributed by atoms with Gasteiger partial charge in [0.2, 0.25) is 10.0 Å². The molecule has 0 heterocycles. The second-order valence-electron chi connectivity index (χ2n) is 5.34. The lowest BCUT2D eigenvalue weighted by molar-refractivity contribution is 0.271. The van der Waals surface area contributed by atoms with Gasteiger partial charge in [-0.2, -0.15) is 0 Å². The third-order valence-corrected chi connectivity index (χ3v) is 4.88. The molecule has 0 aliphatic heterocycles. The summed E-state index contributed by atoms with van der Waals surface area (Å²) in [7, 11) is -1.44. The van der Waals surface area contributed by atoms with Crippen molar-refractivity contribution in [2.75, 3.05) is 25.9 Å². The lowest BCUT2D eigenvalue weighted by atomic mass is 10.2. The van der Waals surface area contributed by atoms with Gasteiger partial charge in [-0.05, 0) is 58.5 Å². The van der Waals surface area contributed by atoms with Crippen LogP contribution in [0.2, 0.25) is 0 Å². The third-order valence-electron chi connectivity index (χ3n) is 3.42. The number of rotatable bonds is 7. The van der Waals surface area contributed by atoms with Crippen molar-refractivity contribution < 1.29 is 8.42 Å². The Morgan fingerprint density at radius 2 is 2.00 bits per heavy atom. The molecular formula is C14H25N3O2S. The molecule has 0 aliphatic carbocycles. The lowest BCUT2D eigenvalue weighted by Crippen LogP contribution is -2.31. The fraction of sp³-hybridized carbons (Fsp3) is 0.571. The molecule has 0 saturated carbocycles. The van der Waals surface area contributed by atoms with Gasteiger partial charge in [-0.3, -0.25) is 0 Å². The van der Waals surface area contributed by atoms with Crippen LogP contribution < -0.4 is 10.5 Å². The smallest absolute Gasteiger partial charge is 0.240 e. The maximum atomic E-state index is 12.1. The summed E-state index contributed by atoms with van der Waals surface area (Å²) in [6.07, 6.45) is 0.773. The molecule has 20 heavy (non-hydrogen) atoms. The predicted molar refractivity (Wildman–Crippen MR) is 83.2 cm³/mol. The summed E-state index contributed by atoms with van der Waals surface area (Å²) in [5.74, 6) is 0. The van der Waals surface area contributed by atoms with Crippen LogP contribution in [0.15, 0.2) is 23.1 Å². The molecule has 1 rings (SSSR count). The van der Waals surface area contributed by atoms with Crippen molar-refractivity contribution >= 4 is 15.7 Å². The van der Waals surface area contributed by atoms with Crippen molar-refractivity contribution in [2.24, 2.45) is 0 Å². The number of nitrogen functional groups attached to an aromatic ring is 1. The summed E-state index contributed by atoms with van der Waals surface area (Å²) in [5.41, 5.74) is 7.12. The van der Waals surface area contributed by atoms with Crippen molar-refractivity contribution in [1.29, 1.82) is 0 Å². The summed E-state index contributed by atoms with van der Waals surface area (Å²) in [6, 6.07) is 5.26. The van der Waals surface area contributed by atoms with Gasteiger partial charge in [0.15, 0.2) is 0 Å². The second-order valence-corrected chi connectivity index (χ2v) is 7.11. The number of hydrogen-bond acceptors (Lipinski definition) is 4. The highest BCUT2D eigenvalue weighted by atomic mass is 32.2. The van der Waals surface area contributed by atoms with Gasteiger partial charge < -0.3 is 10.6 Å². The minimum Gasteiger partial charge on any atom is -0.398 e. The quantitative estimate of drug-likeness (QED) is 0.592. The van der Waals surface area contributed by atoms with Crippen LogP contribution in [-0.4, -0.2) is 39.5 Å². The van der Waals surface area contributed by atoms with Gasteiger partial charge in [-0.1, -0.05) is 6.07 Å². The first-order valence-electron chi connectivity index (χ1n) is 6.80. The summed E-state index contributed by atoms with van der Waals surface area (Å²) in [6.45, 7) is 7.35. The van der Waals surface area contributed by atoms with Crippen molar-refractivity contribution in [2.45, 2.75) is 38.1 Å². The molecule has 0 spiro atoms. The monoisotopic (exact) mass is 299 g/mol. The van der Waals surface area contributed by atoms with Crippen LogP contribution in [0.1, 0.15) is 25.8 Å². The van der Waals surface area contributed by atoms with E-state index in [1.807, 2.05) is 14.0 Å². The van der Waals surface area contributed by atoms with E-state index in [0.29, 0.717) is 18.3 Å². The van der Waals surface area contributed by atoms with Crippen molar-refractivity contribution in [3.8, 4) is 0 Å². The summed E-state index contributed by atoms with van der Waals surface area (Å²) in [5, 5.41) is 0. The van der Waals surface area contributed by atoms with Crippen molar-refractivity contribution in [3.63, 3.8) is 0 Å². The van der Waals surface area contributed by atoms with Crippen LogP contribution >= 0.6 is 0 Å². The Morgan fingerprint density at radius 3 is 2.55 bits per heavy atom. The predicted octanol–water partition coefficient (Wildman–Crippen LogP) is 1.59. The molecule has 5 nitrogen and oxygen atoms in total. The van der Waals surface area contributed by atoms with Crippen LogP contribution in [0.4, 0.5) is 5.69 Å². The molecule has 1 aromatic carbocycles. The van der Waals surface area contributed by atoms with Gasteiger partial charge in [-0.25, -0.2) is 13.1 Å². The van der Waals surface area contributed by atoms with Gasteiger partial charge in [0.1, 0.15) is 0 Å². The van der Waals surface area contributed by atoms with Crippen LogP contribution in [0, 0.1) is 6.92 Å². The first kappa shape index (κ1) is 16.9. The van der Waals surface area contributed by atoms with E-state index in [-0.39, 0.29) is 4.90 Å². The average molecular weight is 299 g/mol. The molecule has 3 N–H and O–H groups in total. The molecule has 114 valence electrons. The number of nitrogens with two attached hydrogens (primary N) is 1.